The quantitative estimate of drug-likeness (QED) is 0.369. The van der Waals surface area contributed by atoms with Crippen molar-refractivity contribution in [3.63, 3.8) is 0 Å². The van der Waals surface area contributed by atoms with E-state index < -0.39 is 0 Å². The molecule has 0 unspecified atom stereocenters. The molecule has 29 heavy (non-hydrogen) atoms. The van der Waals surface area contributed by atoms with Crippen LogP contribution in [-0.2, 0) is 0 Å². The lowest BCUT2D eigenvalue weighted by molar-refractivity contribution is 0.416. The van der Waals surface area contributed by atoms with Crippen LogP contribution in [-0.4, -0.2) is 22.0 Å². The Morgan fingerprint density at radius 3 is 2.10 bits per heavy atom. The number of nitrogens with zero attached hydrogens (tertiary/aromatic N) is 3. The zero-order chi connectivity index (χ0) is 20.2. The number of nitrogen functional groups attached to an aromatic ring is 1. The Hall–Kier alpha value is -3.25. The lowest BCUT2D eigenvalue weighted by Crippen LogP contribution is -2.13. The molecule has 1 heterocycles. The van der Waals surface area contributed by atoms with Gasteiger partial charge in [-0.3, -0.25) is 0 Å². The van der Waals surface area contributed by atoms with Gasteiger partial charge in [-0.05, 0) is 30.2 Å². The van der Waals surface area contributed by atoms with Gasteiger partial charge in [0.1, 0.15) is 5.75 Å². The zero-order valence-electron chi connectivity index (χ0n) is 16.3. The lowest BCUT2D eigenvalue weighted by atomic mass is 10.0. The van der Waals surface area contributed by atoms with Crippen molar-refractivity contribution >= 4 is 11.8 Å². The number of benzene rings is 3. The Bertz CT molecular complexity index is 1060. The molecule has 0 aliphatic heterocycles. The van der Waals surface area contributed by atoms with E-state index in [-0.39, 0.29) is 5.25 Å². The summed E-state index contributed by atoms with van der Waals surface area (Å²) in [4.78, 5) is 0. The molecule has 6 heteroatoms. The van der Waals surface area contributed by atoms with Crippen molar-refractivity contribution in [2.45, 2.75) is 17.3 Å². The summed E-state index contributed by atoms with van der Waals surface area (Å²) in [5, 5.41) is 9.44. The second-order valence-corrected chi connectivity index (χ2v) is 7.77. The molecule has 0 aliphatic rings. The number of ether oxygens (including phenoxy) is 1. The maximum Gasteiger partial charge on any atom is 0.211 e. The molecule has 0 fully saturated rings. The number of hydrogen-bond acceptors (Lipinski definition) is 5. The highest BCUT2D eigenvalue weighted by atomic mass is 32.2. The van der Waals surface area contributed by atoms with Gasteiger partial charge in [0.05, 0.1) is 17.9 Å². The SMILES string of the molecule is COc1ccc(C)cc1-c1nnc(SC(c2ccccc2)c2ccccc2)n1N. The van der Waals surface area contributed by atoms with Gasteiger partial charge >= 0.3 is 0 Å². The molecule has 0 atom stereocenters. The fourth-order valence-corrected chi connectivity index (χ4v) is 4.31. The molecule has 146 valence electrons. The number of aromatic nitrogens is 3. The van der Waals surface area contributed by atoms with Crippen molar-refractivity contribution in [3.05, 3.63) is 95.6 Å². The van der Waals surface area contributed by atoms with Gasteiger partial charge in [-0.25, -0.2) is 4.68 Å². The molecular formula is C23H22N4OS. The van der Waals surface area contributed by atoms with E-state index in [4.69, 9.17) is 10.6 Å². The smallest absolute Gasteiger partial charge is 0.211 e. The van der Waals surface area contributed by atoms with Gasteiger partial charge in [-0.15, -0.1) is 10.2 Å². The number of hydrogen-bond donors (Lipinski definition) is 1. The van der Waals surface area contributed by atoms with E-state index in [0.29, 0.717) is 16.7 Å². The van der Waals surface area contributed by atoms with Gasteiger partial charge in [0.2, 0.25) is 5.16 Å². The number of methoxy groups -OCH3 is 1. The molecule has 3 aromatic carbocycles. The third-order valence-corrected chi connectivity index (χ3v) is 5.96. The predicted octanol–water partition coefficient (Wildman–Crippen LogP) is 4.86. The fraction of sp³-hybridized carbons (Fsp3) is 0.130. The van der Waals surface area contributed by atoms with Crippen molar-refractivity contribution in [3.8, 4) is 17.1 Å². The van der Waals surface area contributed by atoms with Crippen LogP contribution in [0.4, 0.5) is 0 Å². The Morgan fingerprint density at radius 2 is 1.52 bits per heavy atom. The minimum absolute atomic E-state index is 0.0520. The summed E-state index contributed by atoms with van der Waals surface area (Å²) < 4.78 is 7.04. The van der Waals surface area contributed by atoms with Crippen molar-refractivity contribution in [1.82, 2.24) is 14.9 Å². The summed E-state index contributed by atoms with van der Waals surface area (Å²) >= 11 is 1.58. The van der Waals surface area contributed by atoms with Crippen molar-refractivity contribution in [1.29, 1.82) is 0 Å². The molecule has 4 aromatic rings. The molecule has 2 N–H and O–H groups in total. The van der Waals surface area contributed by atoms with Crippen LogP contribution in [0.1, 0.15) is 21.9 Å². The molecule has 0 saturated heterocycles. The Morgan fingerprint density at radius 1 is 0.897 bits per heavy atom. The van der Waals surface area contributed by atoms with Gasteiger partial charge in [0, 0.05) is 0 Å². The lowest BCUT2D eigenvalue weighted by Gasteiger charge is -2.17. The van der Waals surface area contributed by atoms with Gasteiger partial charge in [0.25, 0.3) is 0 Å². The maximum atomic E-state index is 6.43. The van der Waals surface area contributed by atoms with Crippen LogP contribution in [0.3, 0.4) is 0 Å². The Labute approximate surface area is 174 Å². The number of nitrogens with two attached hydrogens (primary N) is 1. The van der Waals surface area contributed by atoms with Crippen LogP contribution in [0, 0.1) is 6.92 Å². The standard InChI is InChI=1S/C23H22N4OS/c1-16-13-14-20(28-2)19(15-16)22-25-26-23(27(22)24)29-21(17-9-5-3-6-10-17)18-11-7-4-8-12-18/h3-15,21H,24H2,1-2H3. The molecule has 4 rings (SSSR count). The van der Waals surface area contributed by atoms with E-state index in [2.05, 4.69) is 34.5 Å². The van der Waals surface area contributed by atoms with E-state index in [1.54, 1.807) is 23.5 Å². The van der Waals surface area contributed by atoms with E-state index in [1.165, 1.54) is 11.1 Å². The van der Waals surface area contributed by atoms with E-state index >= 15 is 0 Å². The predicted molar refractivity (Wildman–Crippen MR) is 117 cm³/mol. The molecule has 1 aromatic heterocycles. The second-order valence-electron chi connectivity index (χ2n) is 6.70. The first-order valence-electron chi connectivity index (χ1n) is 9.29. The van der Waals surface area contributed by atoms with Crippen molar-refractivity contribution < 1.29 is 4.74 Å². The maximum absolute atomic E-state index is 6.43. The number of thioether (sulfide) groups is 1. The third kappa shape index (κ3) is 3.98. The summed E-state index contributed by atoms with van der Waals surface area (Å²) in [7, 11) is 1.64. The highest BCUT2D eigenvalue weighted by molar-refractivity contribution is 7.99. The normalized spacial score (nSPS) is 11.0. The largest absolute Gasteiger partial charge is 0.496 e. The average Bonchev–Trinajstić information content (AvgIpc) is 3.13. The number of aryl methyl sites for hydroxylation is 1. The van der Waals surface area contributed by atoms with Crippen LogP contribution in [0.25, 0.3) is 11.4 Å². The summed E-state index contributed by atoms with van der Waals surface area (Å²) in [6.45, 7) is 2.02. The van der Waals surface area contributed by atoms with Gasteiger partial charge in [0.15, 0.2) is 5.82 Å². The third-order valence-electron chi connectivity index (χ3n) is 4.69. The Kier molecular flexibility index (Phi) is 5.53. The molecule has 0 spiro atoms. The summed E-state index contributed by atoms with van der Waals surface area (Å²) in [6, 6.07) is 26.6. The molecule has 0 saturated carbocycles. The minimum Gasteiger partial charge on any atom is -0.496 e. The van der Waals surface area contributed by atoms with Gasteiger partial charge in [-0.2, -0.15) is 0 Å². The summed E-state index contributed by atoms with van der Waals surface area (Å²) in [5.74, 6) is 7.72. The number of rotatable bonds is 6. The van der Waals surface area contributed by atoms with Crippen LogP contribution >= 0.6 is 11.8 Å². The van der Waals surface area contributed by atoms with E-state index in [1.807, 2.05) is 61.5 Å². The topological polar surface area (TPSA) is 66.0 Å². The highest BCUT2D eigenvalue weighted by Gasteiger charge is 2.22. The average molecular weight is 403 g/mol. The van der Waals surface area contributed by atoms with Gasteiger partial charge in [-0.1, -0.05) is 84.1 Å². The van der Waals surface area contributed by atoms with Crippen molar-refractivity contribution in [2.75, 3.05) is 13.0 Å². The van der Waals surface area contributed by atoms with Crippen LogP contribution in [0.15, 0.2) is 84.0 Å². The first-order valence-corrected chi connectivity index (χ1v) is 10.2. The molecule has 0 amide bonds. The summed E-state index contributed by atoms with van der Waals surface area (Å²) in [5.41, 5.74) is 4.29. The zero-order valence-corrected chi connectivity index (χ0v) is 17.1. The molecular weight excluding hydrogens is 380 g/mol. The fourth-order valence-electron chi connectivity index (χ4n) is 3.23. The Balaban J connectivity index is 1.73. The van der Waals surface area contributed by atoms with Crippen LogP contribution in [0.2, 0.25) is 0 Å². The molecule has 0 bridgehead atoms. The van der Waals surface area contributed by atoms with E-state index in [9.17, 15) is 0 Å². The minimum atomic E-state index is 0.0520. The molecule has 5 nitrogen and oxygen atoms in total. The van der Waals surface area contributed by atoms with Crippen LogP contribution in [0.5, 0.6) is 5.75 Å². The highest BCUT2D eigenvalue weighted by Crippen LogP contribution is 2.40. The molecule has 0 radical (unpaired) electrons. The first-order chi connectivity index (χ1) is 14.2. The monoisotopic (exact) mass is 402 g/mol. The first kappa shape index (κ1) is 19.1. The molecule has 0 aliphatic carbocycles. The summed E-state index contributed by atoms with van der Waals surface area (Å²) in [6.07, 6.45) is 0. The van der Waals surface area contributed by atoms with Crippen LogP contribution < -0.4 is 10.6 Å². The van der Waals surface area contributed by atoms with E-state index in [0.717, 1.165) is 11.1 Å². The second kappa shape index (κ2) is 8.41. The van der Waals surface area contributed by atoms with Crippen molar-refractivity contribution in [2.24, 2.45) is 0 Å². The van der Waals surface area contributed by atoms with Gasteiger partial charge < -0.3 is 10.6 Å².